The Morgan fingerprint density at radius 2 is 1.95 bits per heavy atom. The van der Waals surface area contributed by atoms with Crippen LogP contribution in [-0.4, -0.2) is 4.99 Å². The molecular formula is C14H12BrFN2S. The lowest BCUT2D eigenvalue weighted by atomic mass is 10.1. The number of halogens is 2. The third-order valence-corrected chi connectivity index (χ3v) is 3.35. The van der Waals surface area contributed by atoms with Gasteiger partial charge in [0.05, 0.1) is 5.69 Å². The fourth-order valence-corrected chi connectivity index (χ4v) is 2.24. The summed E-state index contributed by atoms with van der Waals surface area (Å²) >= 11 is 8.36. The van der Waals surface area contributed by atoms with Gasteiger partial charge in [-0.3, -0.25) is 0 Å². The molecule has 0 aliphatic carbocycles. The first-order chi connectivity index (χ1) is 8.97. The molecule has 0 unspecified atom stereocenters. The van der Waals surface area contributed by atoms with E-state index in [1.165, 1.54) is 6.07 Å². The first-order valence-electron chi connectivity index (χ1n) is 5.60. The van der Waals surface area contributed by atoms with Gasteiger partial charge in [0.1, 0.15) is 10.8 Å². The van der Waals surface area contributed by atoms with Crippen molar-refractivity contribution in [1.82, 2.24) is 0 Å². The van der Waals surface area contributed by atoms with Crippen LogP contribution in [0.4, 0.5) is 15.8 Å². The summed E-state index contributed by atoms with van der Waals surface area (Å²) in [7, 11) is 0. The number of aryl methyl sites for hydroxylation is 1. The zero-order valence-electron chi connectivity index (χ0n) is 10.2. The maximum Gasteiger partial charge on any atom is 0.146 e. The maximum absolute atomic E-state index is 13.8. The molecule has 19 heavy (non-hydrogen) atoms. The lowest BCUT2D eigenvalue weighted by Gasteiger charge is -2.12. The standard InChI is InChI=1S/C14H12BrFN2S/c1-8-2-5-12(11(16)6-8)18-13-7-9(15)3-4-10(13)14(17)19/h2-7,18H,1H3,(H2,17,19). The molecule has 0 aliphatic heterocycles. The number of hydrogen-bond donors (Lipinski definition) is 2. The molecule has 0 fully saturated rings. The smallest absolute Gasteiger partial charge is 0.146 e. The van der Waals surface area contributed by atoms with Crippen molar-refractivity contribution in [3.05, 3.63) is 57.8 Å². The molecule has 0 saturated carbocycles. The van der Waals surface area contributed by atoms with Gasteiger partial charge in [-0.05, 0) is 42.8 Å². The summed E-state index contributed by atoms with van der Waals surface area (Å²) in [5, 5.41) is 3.02. The SMILES string of the molecule is Cc1ccc(Nc2cc(Br)ccc2C(N)=S)c(F)c1. The summed E-state index contributed by atoms with van der Waals surface area (Å²) in [4.78, 5) is 0.266. The van der Waals surface area contributed by atoms with Crippen molar-refractivity contribution in [2.45, 2.75) is 6.92 Å². The molecule has 5 heteroatoms. The number of anilines is 2. The fourth-order valence-electron chi connectivity index (χ4n) is 1.70. The molecule has 0 saturated heterocycles. The summed E-state index contributed by atoms with van der Waals surface area (Å²) in [6, 6.07) is 10.4. The lowest BCUT2D eigenvalue weighted by Crippen LogP contribution is -2.12. The quantitative estimate of drug-likeness (QED) is 0.820. The molecule has 2 aromatic carbocycles. The van der Waals surface area contributed by atoms with Crippen LogP contribution < -0.4 is 11.1 Å². The van der Waals surface area contributed by atoms with Gasteiger partial charge in [0, 0.05) is 15.7 Å². The second-order valence-electron chi connectivity index (χ2n) is 4.16. The number of rotatable bonds is 3. The number of nitrogens with two attached hydrogens (primary N) is 1. The largest absolute Gasteiger partial charge is 0.389 e. The minimum absolute atomic E-state index is 0.266. The van der Waals surface area contributed by atoms with E-state index in [9.17, 15) is 4.39 Å². The molecule has 2 aromatic rings. The number of thiocarbonyl (C=S) groups is 1. The van der Waals surface area contributed by atoms with Crippen molar-refractivity contribution in [2.75, 3.05) is 5.32 Å². The molecular weight excluding hydrogens is 327 g/mol. The zero-order valence-corrected chi connectivity index (χ0v) is 12.6. The summed E-state index contributed by atoms with van der Waals surface area (Å²) in [5.74, 6) is -0.311. The number of benzene rings is 2. The molecule has 0 heterocycles. The van der Waals surface area contributed by atoms with Gasteiger partial charge in [-0.25, -0.2) is 4.39 Å². The molecule has 0 aromatic heterocycles. The van der Waals surface area contributed by atoms with Gasteiger partial charge in [0.2, 0.25) is 0 Å². The van der Waals surface area contributed by atoms with Crippen LogP contribution in [0.5, 0.6) is 0 Å². The van der Waals surface area contributed by atoms with Crippen LogP contribution in [-0.2, 0) is 0 Å². The third kappa shape index (κ3) is 3.30. The predicted molar refractivity (Wildman–Crippen MR) is 84.4 cm³/mol. The van der Waals surface area contributed by atoms with Gasteiger partial charge in [0.15, 0.2) is 0 Å². The van der Waals surface area contributed by atoms with Crippen LogP contribution in [0.15, 0.2) is 40.9 Å². The zero-order chi connectivity index (χ0) is 14.0. The van der Waals surface area contributed by atoms with E-state index in [4.69, 9.17) is 18.0 Å². The first-order valence-corrected chi connectivity index (χ1v) is 6.80. The van der Waals surface area contributed by atoms with E-state index in [1.54, 1.807) is 12.1 Å². The second kappa shape index (κ2) is 5.67. The fraction of sp³-hybridized carbons (Fsp3) is 0.0714. The van der Waals surface area contributed by atoms with Gasteiger partial charge in [-0.2, -0.15) is 0 Å². The Bertz CT molecular complexity index is 643. The molecule has 0 atom stereocenters. The van der Waals surface area contributed by atoms with Crippen molar-refractivity contribution in [3.63, 3.8) is 0 Å². The molecule has 0 amide bonds. The van der Waals surface area contributed by atoms with Gasteiger partial charge in [0.25, 0.3) is 0 Å². The minimum atomic E-state index is -0.311. The van der Waals surface area contributed by atoms with Crippen LogP contribution in [0, 0.1) is 12.7 Å². The van der Waals surface area contributed by atoms with Gasteiger partial charge in [-0.15, -0.1) is 0 Å². The molecule has 0 aliphatic rings. The van der Waals surface area contributed by atoms with Crippen LogP contribution in [0.25, 0.3) is 0 Å². The van der Waals surface area contributed by atoms with Crippen molar-refractivity contribution in [2.24, 2.45) is 5.73 Å². The normalized spacial score (nSPS) is 10.3. The lowest BCUT2D eigenvalue weighted by molar-refractivity contribution is 0.631. The summed E-state index contributed by atoms with van der Waals surface area (Å²) in [6.07, 6.45) is 0. The molecule has 3 N–H and O–H groups in total. The Balaban J connectivity index is 2.42. The van der Waals surface area contributed by atoms with E-state index < -0.39 is 0 Å². The molecule has 0 radical (unpaired) electrons. The molecule has 0 spiro atoms. The van der Waals surface area contributed by atoms with Crippen LogP contribution in [0.3, 0.4) is 0 Å². The summed E-state index contributed by atoms with van der Waals surface area (Å²) in [5.41, 5.74) is 8.27. The average Bonchev–Trinajstić information content (AvgIpc) is 2.32. The second-order valence-corrected chi connectivity index (χ2v) is 5.52. The molecule has 2 rings (SSSR count). The van der Waals surface area contributed by atoms with E-state index in [0.717, 1.165) is 10.0 Å². The van der Waals surface area contributed by atoms with Crippen molar-refractivity contribution < 1.29 is 4.39 Å². The van der Waals surface area contributed by atoms with Crippen LogP contribution in [0.2, 0.25) is 0 Å². The minimum Gasteiger partial charge on any atom is -0.389 e. The van der Waals surface area contributed by atoms with E-state index >= 15 is 0 Å². The Morgan fingerprint density at radius 1 is 1.21 bits per heavy atom. The van der Waals surface area contributed by atoms with E-state index in [1.807, 2.05) is 25.1 Å². The molecule has 0 bridgehead atoms. The highest BCUT2D eigenvalue weighted by molar-refractivity contribution is 9.10. The predicted octanol–water partition coefficient (Wildman–Crippen LogP) is 4.27. The Labute approximate surface area is 124 Å². The molecule has 98 valence electrons. The van der Waals surface area contributed by atoms with Crippen LogP contribution >= 0.6 is 28.1 Å². The Hall–Kier alpha value is -1.46. The van der Waals surface area contributed by atoms with E-state index in [0.29, 0.717) is 16.9 Å². The van der Waals surface area contributed by atoms with E-state index in [2.05, 4.69) is 21.2 Å². The van der Waals surface area contributed by atoms with Gasteiger partial charge < -0.3 is 11.1 Å². The maximum atomic E-state index is 13.8. The third-order valence-electron chi connectivity index (χ3n) is 2.64. The first kappa shape index (κ1) is 14.0. The monoisotopic (exact) mass is 338 g/mol. The summed E-state index contributed by atoms with van der Waals surface area (Å²) < 4.78 is 14.7. The Morgan fingerprint density at radius 3 is 2.58 bits per heavy atom. The van der Waals surface area contributed by atoms with Crippen molar-refractivity contribution in [1.29, 1.82) is 0 Å². The summed E-state index contributed by atoms with van der Waals surface area (Å²) in [6.45, 7) is 1.84. The highest BCUT2D eigenvalue weighted by atomic mass is 79.9. The van der Waals surface area contributed by atoms with Crippen molar-refractivity contribution in [3.8, 4) is 0 Å². The highest BCUT2D eigenvalue weighted by Crippen LogP contribution is 2.26. The van der Waals surface area contributed by atoms with Crippen molar-refractivity contribution >= 4 is 44.5 Å². The number of nitrogens with one attached hydrogen (secondary N) is 1. The topological polar surface area (TPSA) is 38.0 Å². The van der Waals surface area contributed by atoms with E-state index in [-0.39, 0.29) is 10.8 Å². The highest BCUT2D eigenvalue weighted by Gasteiger charge is 2.09. The van der Waals surface area contributed by atoms with Gasteiger partial charge >= 0.3 is 0 Å². The number of hydrogen-bond acceptors (Lipinski definition) is 2. The van der Waals surface area contributed by atoms with Crippen LogP contribution in [0.1, 0.15) is 11.1 Å². The average molecular weight is 339 g/mol. The van der Waals surface area contributed by atoms with Gasteiger partial charge in [-0.1, -0.05) is 34.2 Å². The Kier molecular flexibility index (Phi) is 4.17. The molecule has 2 nitrogen and oxygen atoms in total.